The zero-order chi connectivity index (χ0) is 21.8. The zero-order valence-corrected chi connectivity index (χ0v) is 18.6. The molecule has 8 nitrogen and oxygen atoms in total. The number of carbonyl (C=O) groups is 1. The first-order chi connectivity index (χ1) is 14.9. The molecule has 0 fully saturated rings. The number of aromatic nitrogens is 2. The van der Waals surface area contributed by atoms with Gasteiger partial charge in [0.1, 0.15) is 0 Å². The fourth-order valence-electron chi connectivity index (χ4n) is 3.62. The van der Waals surface area contributed by atoms with Gasteiger partial charge in [0, 0.05) is 30.4 Å². The highest BCUT2D eigenvalue weighted by atomic mass is 32.2. The van der Waals surface area contributed by atoms with Gasteiger partial charge in [-0.25, -0.2) is 13.1 Å². The molecule has 31 heavy (non-hydrogen) atoms. The smallest absolute Gasteiger partial charge is 0.269 e. The molecule has 0 bridgehead atoms. The number of rotatable bonds is 8. The first-order valence-corrected chi connectivity index (χ1v) is 12.3. The molecule has 1 aliphatic rings. The Morgan fingerprint density at radius 2 is 1.87 bits per heavy atom. The van der Waals surface area contributed by atoms with Crippen molar-refractivity contribution in [3.63, 3.8) is 0 Å². The molecule has 3 aromatic rings. The minimum Gasteiger partial charge on any atom is -0.368 e. The van der Waals surface area contributed by atoms with E-state index in [-0.39, 0.29) is 15.4 Å². The van der Waals surface area contributed by atoms with E-state index in [9.17, 15) is 13.2 Å². The highest BCUT2D eigenvalue weighted by Crippen LogP contribution is 2.31. The highest BCUT2D eigenvalue weighted by molar-refractivity contribution is 7.91. The molecule has 2 N–H and O–H groups in total. The summed E-state index contributed by atoms with van der Waals surface area (Å²) in [4.78, 5) is 14.5. The van der Waals surface area contributed by atoms with Crippen LogP contribution in [0, 0.1) is 0 Å². The largest absolute Gasteiger partial charge is 0.368 e. The number of nitrogens with zero attached hydrogens (tertiary/aromatic N) is 3. The maximum atomic E-state index is 12.5. The maximum absolute atomic E-state index is 12.5. The maximum Gasteiger partial charge on any atom is 0.269 e. The molecular weight excluding hydrogens is 434 g/mol. The number of amides is 1. The summed E-state index contributed by atoms with van der Waals surface area (Å²) in [6.07, 6.45) is 1.67. The van der Waals surface area contributed by atoms with Gasteiger partial charge in [-0.3, -0.25) is 10.1 Å². The van der Waals surface area contributed by atoms with Crippen molar-refractivity contribution in [1.29, 1.82) is 0 Å². The van der Waals surface area contributed by atoms with Gasteiger partial charge in [0.15, 0.2) is 0 Å². The molecule has 1 amide bonds. The lowest BCUT2D eigenvalue weighted by atomic mass is 10.1. The monoisotopic (exact) mass is 457 g/mol. The van der Waals surface area contributed by atoms with Gasteiger partial charge in [0.25, 0.3) is 15.9 Å². The van der Waals surface area contributed by atoms with Crippen LogP contribution in [-0.2, 0) is 16.4 Å². The van der Waals surface area contributed by atoms with Crippen LogP contribution >= 0.6 is 11.3 Å². The molecule has 1 aromatic heterocycles. The van der Waals surface area contributed by atoms with Crippen LogP contribution in [0.5, 0.6) is 0 Å². The molecule has 0 spiro atoms. The minimum atomic E-state index is -3.78. The number of carbonyl (C=O) groups excluding carboxylic acids is 1. The van der Waals surface area contributed by atoms with Gasteiger partial charge < -0.3 is 4.90 Å². The number of para-hydroxylation sites is 1. The minimum absolute atomic E-state index is 0.136. The van der Waals surface area contributed by atoms with Crippen LogP contribution in [0.1, 0.15) is 29.3 Å². The van der Waals surface area contributed by atoms with Crippen LogP contribution in [0.25, 0.3) is 0 Å². The molecule has 0 saturated heterocycles. The number of nitrogens with one attached hydrogen (secondary N) is 2. The van der Waals surface area contributed by atoms with E-state index in [2.05, 4.69) is 44.2 Å². The Labute approximate surface area is 185 Å². The van der Waals surface area contributed by atoms with Gasteiger partial charge >= 0.3 is 0 Å². The predicted octanol–water partition coefficient (Wildman–Crippen LogP) is 2.91. The number of sulfonamides is 1. The molecule has 0 saturated carbocycles. The molecule has 162 valence electrons. The van der Waals surface area contributed by atoms with Gasteiger partial charge in [-0.15, -0.1) is 10.2 Å². The average Bonchev–Trinajstić information content (AvgIpc) is 3.36. The highest BCUT2D eigenvalue weighted by Gasteiger charge is 2.25. The van der Waals surface area contributed by atoms with Crippen molar-refractivity contribution in [3.05, 3.63) is 65.7 Å². The van der Waals surface area contributed by atoms with Gasteiger partial charge in [0.05, 0.1) is 0 Å². The Morgan fingerprint density at radius 1 is 1.13 bits per heavy atom. The molecule has 0 aliphatic carbocycles. The molecule has 1 atom stereocenters. The summed E-state index contributed by atoms with van der Waals surface area (Å²) < 4.78 is 27.5. The van der Waals surface area contributed by atoms with Crippen molar-refractivity contribution in [2.24, 2.45) is 0 Å². The molecule has 4 rings (SSSR count). The van der Waals surface area contributed by atoms with Gasteiger partial charge in [0.2, 0.25) is 9.47 Å². The molecule has 2 heterocycles. The van der Waals surface area contributed by atoms with Gasteiger partial charge in [-0.1, -0.05) is 47.7 Å². The Morgan fingerprint density at radius 3 is 2.68 bits per heavy atom. The van der Waals surface area contributed by atoms with Crippen molar-refractivity contribution < 1.29 is 13.2 Å². The van der Waals surface area contributed by atoms with Crippen molar-refractivity contribution >= 4 is 38.1 Å². The van der Waals surface area contributed by atoms with E-state index in [0.717, 1.165) is 24.3 Å². The second-order valence-electron chi connectivity index (χ2n) is 7.32. The van der Waals surface area contributed by atoms with E-state index in [1.54, 1.807) is 30.3 Å². The Kier molecular flexibility index (Phi) is 6.30. The molecule has 10 heteroatoms. The van der Waals surface area contributed by atoms with E-state index >= 15 is 0 Å². The summed E-state index contributed by atoms with van der Waals surface area (Å²) >= 11 is 0.822. The van der Waals surface area contributed by atoms with Gasteiger partial charge in [-0.05, 0) is 43.5 Å². The molecular formula is C21H23N5O3S2. The summed E-state index contributed by atoms with van der Waals surface area (Å²) in [6, 6.07) is 17.3. The van der Waals surface area contributed by atoms with Crippen molar-refractivity contribution in [3.8, 4) is 0 Å². The third kappa shape index (κ3) is 4.92. The number of hydrogen-bond donors (Lipinski definition) is 2. The summed E-state index contributed by atoms with van der Waals surface area (Å²) in [5.41, 5.74) is 3.01. The summed E-state index contributed by atoms with van der Waals surface area (Å²) in [5, 5.41) is 10.2. The van der Waals surface area contributed by atoms with E-state index in [1.807, 2.05) is 12.1 Å². The fraction of sp³-hybridized carbons (Fsp3) is 0.286. The van der Waals surface area contributed by atoms with E-state index in [1.165, 1.54) is 11.3 Å². The fourth-order valence-corrected chi connectivity index (χ4v) is 5.63. The second-order valence-corrected chi connectivity index (χ2v) is 10.2. The summed E-state index contributed by atoms with van der Waals surface area (Å²) in [6.45, 7) is 3.23. The lowest BCUT2D eigenvalue weighted by Gasteiger charge is -2.24. The van der Waals surface area contributed by atoms with Crippen molar-refractivity contribution in [1.82, 2.24) is 14.9 Å². The molecule has 0 radical (unpaired) electrons. The van der Waals surface area contributed by atoms with Gasteiger partial charge in [-0.2, -0.15) is 0 Å². The number of anilines is 2. The van der Waals surface area contributed by atoms with Crippen LogP contribution in [0.15, 0.2) is 58.9 Å². The molecule has 2 aromatic carbocycles. The van der Waals surface area contributed by atoms with Crippen LogP contribution < -0.4 is 14.9 Å². The predicted molar refractivity (Wildman–Crippen MR) is 121 cm³/mol. The Hall–Kier alpha value is -2.82. The van der Waals surface area contributed by atoms with E-state index in [4.69, 9.17) is 0 Å². The van der Waals surface area contributed by atoms with Crippen molar-refractivity contribution in [2.45, 2.75) is 30.1 Å². The zero-order valence-electron chi connectivity index (χ0n) is 17.0. The van der Waals surface area contributed by atoms with Crippen LogP contribution in [0.4, 0.5) is 10.8 Å². The first-order valence-electron chi connectivity index (χ1n) is 9.98. The number of benzene rings is 2. The van der Waals surface area contributed by atoms with Crippen LogP contribution in [0.2, 0.25) is 0 Å². The lowest BCUT2D eigenvalue weighted by Crippen LogP contribution is -2.33. The van der Waals surface area contributed by atoms with Crippen LogP contribution in [-0.4, -0.2) is 43.7 Å². The number of hydrogen-bond acceptors (Lipinski definition) is 7. The van der Waals surface area contributed by atoms with Crippen molar-refractivity contribution in [2.75, 3.05) is 23.3 Å². The quantitative estimate of drug-likeness (QED) is 0.398. The molecule has 0 unspecified atom stereocenters. The summed E-state index contributed by atoms with van der Waals surface area (Å²) in [7, 11) is -3.78. The SMILES string of the molecule is C[C@H]1Cc2ccccc2N1CCCNS(=O)(=O)c1nnc(NC(=O)c2ccccc2)s1. The Balaban J connectivity index is 1.30. The van der Waals surface area contributed by atoms with E-state index < -0.39 is 10.0 Å². The first kappa shape index (κ1) is 21.4. The standard InChI is InChI=1S/C21H23N5O3S2/c1-15-14-17-10-5-6-11-18(17)26(15)13-7-12-22-31(28,29)21-25-24-20(30-21)23-19(27)16-8-3-2-4-9-16/h2-6,8-11,15,22H,7,12-14H2,1H3,(H,23,24,27)/t15-/m0/s1. The van der Waals surface area contributed by atoms with E-state index in [0.29, 0.717) is 24.6 Å². The Bertz CT molecular complexity index is 1160. The third-order valence-corrected chi connectivity index (χ3v) is 7.78. The topological polar surface area (TPSA) is 104 Å². The lowest BCUT2D eigenvalue weighted by molar-refractivity contribution is 0.102. The third-order valence-electron chi connectivity index (χ3n) is 5.11. The average molecular weight is 458 g/mol. The summed E-state index contributed by atoms with van der Waals surface area (Å²) in [5.74, 6) is -0.367. The van der Waals surface area contributed by atoms with Crippen LogP contribution in [0.3, 0.4) is 0 Å². The molecule has 1 aliphatic heterocycles. The normalized spacial score (nSPS) is 15.6. The second kappa shape index (κ2) is 9.13. The number of fused-ring (bicyclic) bond motifs is 1.